The van der Waals surface area contributed by atoms with E-state index in [9.17, 15) is 9.59 Å². The number of aryl methyl sites for hydroxylation is 1. The number of pyridine rings is 1. The van der Waals surface area contributed by atoms with Crippen LogP contribution in [-0.2, 0) is 4.79 Å². The van der Waals surface area contributed by atoms with Gasteiger partial charge in [-0.1, -0.05) is 19.0 Å². The van der Waals surface area contributed by atoms with Crippen LogP contribution >= 0.6 is 0 Å². The van der Waals surface area contributed by atoms with E-state index >= 15 is 0 Å². The summed E-state index contributed by atoms with van der Waals surface area (Å²) in [5.41, 5.74) is 1.84. The maximum atomic E-state index is 12.3. The molecule has 0 radical (unpaired) electrons. The molecular weight excluding hydrogens is 274 g/mol. The number of carbonyl (C=O) groups excluding carboxylic acids is 1. The van der Waals surface area contributed by atoms with E-state index in [0.717, 1.165) is 0 Å². The van der Waals surface area contributed by atoms with Gasteiger partial charge in [-0.3, -0.25) is 9.59 Å². The number of aromatic nitrogens is 2. The van der Waals surface area contributed by atoms with Crippen molar-refractivity contribution >= 4 is 23.0 Å². The summed E-state index contributed by atoms with van der Waals surface area (Å²) in [6.45, 7) is 6.99. The lowest BCUT2D eigenvalue weighted by atomic mass is 10.0. The van der Waals surface area contributed by atoms with Gasteiger partial charge in [0.05, 0.1) is 16.6 Å². The van der Waals surface area contributed by atoms with Gasteiger partial charge in [-0.15, -0.1) is 0 Å². The highest BCUT2D eigenvalue weighted by Gasteiger charge is 2.23. The van der Waals surface area contributed by atoms with E-state index < -0.39 is 17.9 Å². The third-order valence-electron chi connectivity index (χ3n) is 3.11. The van der Waals surface area contributed by atoms with Gasteiger partial charge in [-0.2, -0.15) is 0 Å². The van der Waals surface area contributed by atoms with Gasteiger partial charge in [-0.05, 0) is 25.8 Å². The summed E-state index contributed by atoms with van der Waals surface area (Å²) >= 11 is 0. The number of amides is 1. The van der Waals surface area contributed by atoms with E-state index in [1.54, 1.807) is 13.0 Å². The maximum Gasteiger partial charge on any atom is 0.325 e. The second-order valence-electron chi connectivity index (χ2n) is 5.25. The molecule has 0 aromatic carbocycles. The Morgan fingerprint density at radius 2 is 2.00 bits per heavy atom. The minimum absolute atomic E-state index is 0.0548. The zero-order valence-electron chi connectivity index (χ0n) is 12.3. The number of carbonyl (C=O) groups is 2. The van der Waals surface area contributed by atoms with Crippen molar-refractivity contribution in [2.75, 3.05) is 0 Å². The normalized spacial score (nSPS) is 12.6. The summed E-state index contributed by atoms with van der Waals surface area (Å²) in [7, 11) is 0. The number of carboxylic acids is 1. The highest BCUT2D eigenvalue weighted by Crippen LogP contribution is 2.27. The Kier molecular flexibility index (Phi) is 3.93. The Balaban J connectivity index is 2.53. The lowest BCUT2D eigenvalue weighted by Gasteiger charge is -2.11. The van der Waals surface area contributed by atoms with Crippen LogP contribution in [0.2, 0.25) is 0 Å². The predicted molar refractivity (Wildman–Crippen MR) is 75.2 cm³/mol. The second-order valence-corrected chi connectivity index (χ2v) is 5.25. The number of fused-ring (bicyclic) bond motifs is 1. The average Bonchev–Trinajstić information content (AvgIpc) is 2.80. The number of aliphatic carboxylic acids is 1. The molecular formula is C14H17N3O4. The Hall–Kier alpha value is -2.44. The Labute approximate surface area is 121 Å². The molecule has 0 fully saturated rings. The van der Waals surface area contributed by atoms with E-state index in [4.69, 9.17) is 9.63 Å². The van der Waals surface area contributed by atoms with Gasteiger partial charge >= 0.3 is 5.97 Å². The smallest absolute Gasteiger partial charge is 0.325 e. The topological polar surface area (TPSA) is 105 Å². The van der Waals surface area contributed by atoms with Crippen molar-refractivity contribution in [1.29, 1.82) is 0 Å². The molecule has 0 spiro atoms. The van der Waals surface area contributed by atoms with Crippen LogP contribution in [0.15, 0.2) is 10.6 Å². The number of carboxylic acid groups (broad SMARTS) is 1. The van der Waals surface area contributed by atoms with Crippen molar-refractivity contribution in [1.82, 2.24) is 15.5 Å². The summed E-state index contributed by atoms with van der Waals surface area (Å²) in [6.07, 6.45) is 0. The molecule has 0 saturated carbocycles. The fraction of sp³-hybridized carbons (Fsp3) is 0.429. The molecule has 112 valence electrons. The third kappa shape index (κ3) is 2.86. The number of rotatable bonds is 4. The van der Waals surface area contributed by atoms with Gasteiger partial charge in [0.15, 0.2) is 0 Å². The first-order valence-electron chi connectivity index (χ1n) is 6.61. The van der Waals surface area contributed by atoms with Gasteiger partial charge in [-0.25, -0.2) is 4.98 Å². The van der Waals surface area contributed by atoms with Gasteiger partial charge in [0, 0.05) is 5.69 Å². The SMILES string of the molecule is Cc1cc(C(=O)N[C@H](C)C(=O)O)c2c(C(C)C)noc2n1. The number of nitrogens with one attached hydrogen (secondary N) is 1. The van der Waals surface area contributed by atoms with E-state index in [0.29, 0.717) is 22.3 Å². The quantitative estimate of drug-likeness (QED) is 0.890. The summed E-state index contributed by atoms with van der Waals surface area (Å²) in [5.74, 6) is -1.52. The molecule has 0 aliphatic rings. The third-order valence-corrected chi connectivity index (χ3v) is 3.11. The van der Waals surface area contributed by atoms with Crippen molar-refractivity contribution in [3.63, 3.8) is 0 Å². The van der Waals surface area contributed by atoms with Crippen LogP contribution in [0.4, 0.5) is 0 Å². The Morgan fingerprint density at radius 3 is 2.57 bits per heavy atom. The maximum absolute atomic E-state index is 12.3. The Morgan fingerprint density at radius 1 is 1.33 bits per heavy atom. The van der Waals surface area contributed by atoms with E-state index in [2.05, 4.69) is 15.5 Å². The Bertz CT molecular complexity index is 706. The number of hydrogen-bond donors (Lipinski definition) is 2. The van der Waals surface area contributed by atoms with Crippen LogP contribution in [0, 0.1) is 6.92 Å². The molecule has 7 nitrogen and oxygen atoms in total. The molecule has 0 saturated heterocycles. The molecule has 0 unspecified atom stereocenters. The number of hydrogen-bond acceptors (Lipinski definition) is 5. The average molecular weight is 291 g/mol. The fourth-order valence-electron chi connectivity index (χ4n) is 2.01. The summed E-state index contributed by atoms with van der Waals surface area (Å²) in [4.78, 5) is 27.4. The van der Waals surface area contributed by atoms with Gasteiger partial charge < -0.3 is 14.9 Å². The fourth-order valence-corrected chi connectivity index (χ4v) is 2.01. The summed E-state index contributed by atoms with van der Waals surface area (Å²) in [5, 5.41) is 15.8. The van der Waals surface area contributed by atoms with Crippen LogP contribution in [0.3, 0.4) is 0 Å². The molecule has 0 aliphatic heterocycles. The van der Waals surface area contributed by atoms with Crippen LogP contribution in [0.25, 0.3) is 11.1 Å². The standard InChI is InChI=1S/C14H17N3O4/c1-6(2)11-10-9(12(18)16-8(4)14(19)20)5-7(3)15-13(10)21-17-11/h5-6,8H,1-4H3,(H,16,18)(H,19,20)/t8-/m1/s1. The van der Waals surface area contributed by atoms with Gasteiger partial charge in [0.2, 0.25) is 0 Å². The molecule has 2 rings (SSSR count). The molecule has 2 aromatic heterocycles. The first-order valence-corrected chi connectivity index (χ1v) is 6.61. The molecule has 7 heteroatoms. The molecule has 2 aromatic rings. The minimum atomic E-state index is -1.10. The zero-order chi connectivity index (χ0) is 15.7. The largest absolute Gasteiger partial charge is 0.480 e. The van der Waals surface area contributed by atoms with Gasteiger partial charge in [0.1, 0.15) is 6.04 Å². The molecule has 1 atom stereocenters. The van der Waals surface area contributed by atoms with E-state index in [-0.39, 0.29) is 11.6 Å². The minimum Gasteiger partial charge on any atom is -0.480 e. The molecule has 0 aliphatic carbocycles. The first kappa shape index (κ1) is 15.0. The first-order chi connectivity index (χ1) is 9.81. The van der Waals surface area contributed by atoms with Crippen LogP contribution in [0.1, 0.15) is 48.4 Å². The molecule has 2 N–H and O–H groups in total. The zero-order valence-corrected chi connectivity index (χ0v) is 12.3. The highest BCUT2D eigenvalue weighted by molar-refractivity contribution is 6.07. The predicted octanol–water partition coefficient (Wildman–Crippen LogP) is 1.86. The van der Waals surface area contributed by atoms with Crippen molar-refractivity contribution in [3.8, 4) is 0 Å². The van der Waals surface area contributed by atoms with E-state index in [1.165, 1.54) is 6.92 Å². The lowest BCUT2D eigenvalue weighted by molar-refractivity contribution is -0.138. The monoisotopic (exact) mass is 291 g/mol. The molecule has 0 bridgehead atoms. The van der Waals surface area contributed by atoms with E-state index in [1.807, 2.05) is 13.8 Å². The van der Waals surface area contributed by atoms with Gasteiger partial charge in [0.25, 0.3) is 11.6 Å². The van der Waals surface area contributed by atoms with Crippen molar-refractivity contribution in [2.24, 2.45) is 0 Å². The second kappa shape index (κ2) is 5.51. The number of nitrogens with zero attached hydrogens (tertiary/aromatic N) is 2. The molecule has 21 heavy (non-hydrogen) atoms. The van der Waals surface area contributed by atoms with Crippen molar-refractivity contribution < 1.29 is 19.2 Å². The molecule has 2 heterocycles. The van der Waals surface area contributed by atoms with Crippen LogP contribution < -0.4 is 5.32 Å². The van der Waals surface area contributed by atoms with Crippen molar-refractivity contribution in [3.05, 3.63) is 23.0 Å². The highest BCUT2D eigenvalue weighted by atomic mass is 16.5. The lowest BCUT2D eigenvalue weighted by Crippen LogP contribution is -2.38. The van der Waals surface area contributed by atoms with Crippen LogP contribution in [0.5, 0.6) is 0 Å². The summed E-state index contributed by atoms with van der Waals surface area (Å²) < 4.78 is 5.18. The molecule has 1 amide bonds. The summed E-state index contributed by atoms with van der Waals surface area (Å²) in [6, 6.07) is 0.623. The van der Waals surface area contributed by atoms with Crippen LogP contribution in [-0.4, -0.2) is 33.2 Å². The van der Waals surface area contributed by atoms with Crippen molar-refractivity contribution in [2.45, 2.75) is 39.7 Å².